The lowest BCUT2D eigenvalue weighted by atomic mass is 10.2. The molecule has 0 bridgehead atoms. The second kappa shape index (κ2) is 4.82. The summed E-state index contributed by atoms with van der Waals surface area (Å²) in [5, 5.41) is 15.8. The van der Waals surface area contributed by atoms with Crippen molar-refractivity contribution in [2.45, 2.75) is 13.5 Å². The highest BCUT2D eigenvalue weighted by atomic mass is 19.1. The van der Waals surface area contributed by atoms with Crippen LogP contribution in [0.15, 0.2) is 24.7 Å². The zero-order valence-corrected chi connectivity index (χ0v) is 9.59. The van der Waals surface area contributed by atoms with E-state index in [1.54, 1.807) is 17.1 Å². The van der Waals surface area contributed by atoms with Gasteiger partial charge in [-0.15, -0.1) is 0 Å². The SMILES string of the molecule is CCn1cc(Nc2ncc(F)cc2C(=O)O)cn1. The summed E-state index contributed by atoms with van der Waals surface area (Å²) in [5.41, 5.74) is 0.373. The summed E-state index contributed by atoms with van der Waals surface area (Å²) < 4.78 is 14.6. The van der Waals surface area contributed by atoms with E-state index >= 15 is 0 Å². The number of aryl methyl sites for hydroxylation is 1. The molecule has 2 aromatic heterocycles. The van der Waals surface area contributed by atoms with E-state index in [0.29, 0.717) is 12.2 Å². The van der Waals surface area contributed by atoms with Gasteiger partial charge in [0.1, 0.15) is 17.2 Å². The van der Waals surface area contributed by atoms with Gasteiger partial charge in [-0.2, -0.15) is 5.10 Å². The average molecular weight is 250 g/mol. The molecule has 0 amide bonds. The minimum Gasteiger partial charge on any atom is -0.478 e. The minimum atomic E-state index is -1.24. The van der Waals surface area contributed by atoms with Crippen LogP contribution in [-0.4, -0.2) is 25.8 Å². The number of hydrogen-bond acceptors (Lipinski definition) is 4. The Bertz CT molecular complexity index is 582. The van der Waals surface area contributed by atoms with E-state index in [0.717, 1.165) is 12.3 Å². The monoisotopic (exact) mass is 250 g/mol. The lowest BCUT2D eigenvalue weighted by Crippen LogP contribution is -2.05. The van der Waals surface area contributed by atoms with Crippen LogP contribution in [0.5, 0.6) is 0 Å². The molecule has 0 saturated carbocycles. The Morgan fingerprint density at radius 1 is 1.56 bits per heavy atom. The largest absolute Gasteiger partial charge is 0.478 e. The Labute approximate surface area is 102 Å². The summed E-state index contributed by atoms with van der Waals surface area (Å²) in [4.78, 5) is 14.7. The van der Waals surface area contributed by atoms with E-state index in [1.807, 2.05) is 6.92 Å². The predicted molar refractivity (Wildman–Crippen MR) is 62.3 cm³/mol. The van der Waals surface area contributed by atoms with Crippen LogP contribution in [0.2, 0.25) is 0 Å². The highest BCUT2D eigenvalue weighted by molar-refractivity contribution is 5.93. The number of carboxylic acid groups (broad SMARTS) is 1. The van der Waals surface area contributed by atoms with Crippen molar-refractivity contribution < 1.29 is 14.3 Å². The number of carbonyl (C=O) groups is 1. The van der Waals surface area contributed by atoms with Gasteiger partial charge in [0.05, 0.1) is 18.1 Å². The van der Waals surface area contributed by atoms with Crippen LogP contribution in [0.25, 0.3) is 0 Å². The third kappa shape index (κ3) is 2.45. The summed E-state index contributed by atoms with van der Waals surface area (Å²) in [5.74, 6) is -1.85. The van der Waals surface area contributed by atoms with Crippen LogP contribution in [-0.2, 0) is 6.54 Å². The van der Waals surface area contributed by atoms with Gasteiger partial charge < -0.3 is 10.4 Å². The molecule has 0 fully saturated rings. The number of nitrogens with zero attached hydrogens (tertiary/aromatic N) is 3. The molecular weight excluding hydrogens is 239 g/mol. The zero-order chi connectivity index (χ0) is 13.1. The van der Waals surface area contributed by atoms with Crippen molar-refractivity contribution in [3.8, 4) is 0 Å². The fraction of sp³-hybridized carbons (Fsp3) is 0.182. The number of aromatic carboxylic acids is 1. The second-order valence-corrected chi connectivity index (χ2v) is 3.56. The number of nitrogens with one attached hydrogen (secondary N) is 1. The van der Waals surface area contributed by atoms with Crippen LogP contribution in [0.4, 0.5) is 15.9 Å². The first-order valence-electron chi connectivity index (χ1n) is 5.28. The van der Waals surface area contributed by atoms with Gasteiger partial charge in [0.2, 0.25) is 0 Å². The van der Waals surface area contributed by atoms with Crippen LogP contribution >= 0.6 is 0 Å². The minimum absolute atomic E-state index is 0.0829. The molecule has 7 heteroatoms. The maximum Gasteiger partial charge on any atom is 0.339 e. The van der Waals surface area contributed by atoms with E-state index in [-0.39, 0.29) is 11.4 Å². The maximum atomic E-state index is 12.9. The third-order valence-corrected chi connectivity index (χ3v) is 2.30. The van der Waals surface area contributed by atoms with Crippen molar-refractivity contribution in [3.63, 3.8) is 0 Å². The van der Waals surface area contributed by atoms with Gasteiger partial charge in [0, 0.05) is 12.7 Å². The Balaban J connectivity index is 2.30. The van der Waals surface area contributed by atoms with Gasteiger partial charge in [-0.05, 0) is 13.0 Å². The summed E-state index contributed by atoms with van der Waals surface area (Å²) in [6.07, 6.45) is 4.20. The summed E-state index contributed by atoms with van der Waals surface area (Å²) in [6, 6.07) is 0.919. The quantitative estimate of drug-likeness (QED) is 0.866. The van der Waals surface area contributed by atoms with Crippen LogP contribution in [0.1, 0.15) is 17.3 Å². The summed E-state index contributed by atoms with van der Waals surface area (Å²) in [7, 11) is 0. The lowest BCUT2D eigenvalue weighted by Gasteiger charge is -2.06. The van der Waals surface area contributed by atoms with Crippen LogP contribution < -0.4 is 5.32 Å². The number of halogens is 1. The Hall–Kier alpha value is -2.44. The predicted octanol–water partition coefficient (Wildman–Crippen LogP) is 1.88. The first kappa shape index (κ1) is 12.0. The highest BCUT2D eigenvalue weighted by Crippen LogP contribution is 2.18. The molecule has 0 radical (unpaired) electrons. The molecule has 0 aliphatic heterocycles. The van der Waals surface area contributed by atoms with Crippen LogP contribution in [0, 0.1) is 5.82 Å². The van der Waals surface area contributed by atoms with Gasteiger partial charge in [0.25, 0.3) is 0 Å². The number of carboxylic acids is 1. The van der Waals surface area contributed by atoms with Gasteiger partial charge in [0.15, 0.2) is 0 Å². The summed E-state index contributed by atoms with van der Waals surface area (Å²) in [6.45, 7) is 2.62. The van der Waals surface area contributed by atoms with Crippen molar-refractivity contribution in [2.75, 3.05) is 5.32 Å². The highest BCUT2D eigenvalue weighted by Gasteiger charge is 2.13. The van der Waals surface area contributed by atoms with Crippen molar-refractivity contribution in [1.29, 1.82) is 0 Å². The van der Waals surface area contributed by atoms with Gasteiger partial charge >= 0.3 is 5.97 Å². The van der Waals surface area contributed by atoms with Crippen molar-refractivity contribution >= 4 is 17.5 Å². The van der Waals surface area contributed by atoms with Crippen LogP contribution in [0.3, 0.4) is 0 Å². The van der Waals surface area contributed by atoms with E-state index in [1.165, 1.54) is 0 Å². The molecule has 2 rings (SSSR count). The third-order valence-electron chi connectivity index (χ3n) is 2.30. The molecule has 18 heavy (non-hydrogen) atoms. The fourth-order valence-corrected chi connectivity index (χ4v) is 1.44. The maximum absolute atomic E-state index is 12.9. The molecule has 0 aliphatic rings. The Morgan fingerprint density at radius 2 is 2.33 bits per heavy atom. The van der Waals surface area contributed by atoms with Gasteiger partial charge in [-0.25, -0.2) is 14.2 Å². The first-order valence-corrected chi connectivity index (χ1v) is 5.28. The van der Waals surface area contributed by atoms with E-state index in [9.17, 15) is 9.18 Å². The topological polar surface area (TPSA) is 80.0 Å². The molecule has 0 unspecified atom stereocenters. The second-order valence-electron chi connectivity index (χ2n) is 3.56. The summed E-state index contributed by atoms with van der Waals surface area (Å²) >= 11 is 0. The molecule has 2 aromatic rings. The van der Waals surface area contributed by atoms with E-state index in [2.05, 4.69) is 15.4 Å². The first-order chi connectivity index (χ1) is 8.60. The van der Waals surface area contributed by atoms with E-state index in [4.69, 9.17) is 5.11 Å². The standard InChI is InChI=1S/C11H11FN4O2/c1-2-16-6-8(5-14-16)15-10-9(11(17)18)3-7(12)4-13-10/h3-6H,2H2,1H3,(H,13,15)(H,17,18). The molecule has 2 heterocycles. The van der Waals surface area contributed by atoms with Gasteiger partial charge in [-0.3, -0.25) is 4.68 Å². The number of aromatic nitrogens is 3. The van der Waals surface area contributed by atoms with Crippen molar-refractivity contribution in [3.05, 3.63) is 36.0 Å². The Morgan fingerprint density at radius 3 is 2.94 bits per heavy atom. The fourth-order valence-electron chi connectivity index (χ4n) is 1.44. The average Bonchev–Trinajstić information content (AvgIpc) is 2.79. The molecule has 94 valence electrons. The lowest BCUT2D eigenvalue weighted by molar-refractivity contribution is 0.0697. The zero-order valence-electron chi connectivity index (χ0n) is 9.59. The molecule has 0 aliphatic carbocycles. The van der Waals surface area contributed by atoms with Crippen molar-refractivity contribution in [1.82, 2.24) is 14.8 Å². The Kier molecular flexibility index (Phi) is 3.22. The van der Waals surface area contributed by atoms with E-state index < -0.39 is 11.8 Å². The number of anilines is 2. The molecule has 2 N–H and O–H groups in total. The molecule has 0 spiro atoms. The normalized spacial score (nSPS) is 10.3. The van der Waals surface area contributed by atoms with Crippen molar-refractivity contribution in [2.24, 2.45) is 0 Å². The molecule has 0 aromatic carbocycles. The molecule has 0 atom stereocenters. The number of rotatable bonds is 4. The molecule has 0 saturated heterocycles. The molecular formula is C11H11FN4O2. The molecule has 6 nitrogen and oxygen atoms in total. The number of hydrogen-bond donors (Lipinski definition) is 2. The number of pyridine rings is 1. The van der Waals surface area contributed by atoms with Gasteiger partial charge in [-0.1, -0.05) is 0 Å². The smallest absolute Gasteiger partial charge is 0.339 e.